The van der Waals surface area contributed by atoms with Crippen molar-refractivity contribution in [3.05, 3.63) is 92.4 Å². The van der Waals surface area contributed by atoms with Gasteiger partial charge in [0.2, 0.25) is 0 Å². The lowest BCUT2D eigenvalue weighted by Crippen LogP contribution is -2.12. The third-order valence-corrected chi connectivity index (χ3v) is 4.85. The van der Waals surface area contributed by atoms with Crippen molar-refractivity contribution in [1.82, 2.24) is 0 Å². The van der Waals surface area contributed by atoms with E-state index in [1.165, 1.54) is 25.1 Å². The fourth-order valence-corrected chi connectivity index (χ4v) is 3.29. The van der Waals surface area contributed by atoms with Crippen LogP contribution in [0.5, 0.6) is 11.5 Å². The zero-order chi connectivity index (χ0) is 21.0. The van der Waals surface area contributed by atoms with Gasteiger partial charge in [-0.15, -0.1) is 0 Å². The largest absolute Gasteiger partial charge is 0.423 e. The molecule has 0 aromatic heterocycles. The highest BCUT2D eigenvalue weighted by atomic mass is 79.9. The van der Waals surface area contributed by atoms with Crippen LogP contribution in [0.2, 0.25) is 0 Å². The van der Waals surface area contributed by atoms with Gasteiger partial charge in [-0.3, -0.25) is 4.79 Å². The molecule has 0 fully saturated rings. The molecule has 0 aliphatic rings. The maximum atomic E-state index is 12.4. The summed E-state index contributed by atoms with van der Waals surface area (Å²) in [5.41, 5.74) is 0.820. The molecule has 0 radical (unpaired) electrons. The van der Waals surface area contributed by atoms with Crippen LogP contribution >= 0.6 is 31.9 Å². The predicted octanol–water partition coefficient (Wildman–Crippen LogP) is 5.85. The quantitative estimate of drug-likeness (QED) is 0.241. The molecule has 0 saturated heterocycles. The van der Waals surface area contributed by atoms with Gasteiger partial charge >= 0.3 is 11.9 Å². The van der Waals surface area contributed by atoms with E-state index in [1.54, 1.807) is 48.5 Å². The first kappa shape index (κ1) is 21.0. The number of ether oxygens (including phenoxy) is 2. The Labute approximate surface area is 183 Å². The van der Waals surface area contributed by atoms with Crippen molar-refractivity contribution in [3.63, 3.8) is 0 Å². The van der Waals surface area contributed by atoms with E-state index in [0.717, 1.165) is 8.95 Å². The molecule has 0 spiro atoms. The van der Waals surface area contributed by atoms with Gasteiger partial charge in [-0.25, -0.2) is 9.59 Å². The van der Waals surface area contributed by atoms with E-state index >= 15 is 0 Å². The second-order valence-corrected chi connectivity index (χ2v) is 7.85. The molecule has 3 aromatic rings. The van der Waals surface area contributed by atoms with Gasteiger partial charge in [-0.05, 0) is 61.5 Å². The zero-order valence-electron chi connectivity index (χ0n) is 15.1. The molecule has 5 nitrogen and oxygen atoms in total. The number of halogens is 2. The monoisotopic (exact) mass is 516 g/mol. The van der Waals surface area contributed by atoms with Gasteiger partial charge in [0.1, 0.15) is 11.5 Å². The highest BCUT2D eigenvalue weighted by Gasteiger charge is 2.17. The number of carbonyl (C=O) groups is 3. The normalized spacial score (nSPS) is 10.3. The maximum Gasteiger partial charge on any atom is 0.343 e. The van der Waals surface area contributed by atoms with Crippen molar-refractivity contribution in [3.8, 4) is 11.5 Å². The first-order valence-electron chi connectivity index (χ1n) is 8.44. The first-order valence-corrected chi connectivity index (χ1v) is 10.0. The second-order valence-electron chi connectivity index (χ2n) is 6.01. The second kappa shape index (κ2) is 9.15. The topological polar surface area (TPSA) is 69.7 Å². The maximum absolute atomic E-state index is 12.4. The number of hydrogen-bond acceptors (Lipinski definition) is 5. The molecule has 7 heteroatoms. The van der Waals surface area contributed by atoms with Gasteiger partial charge in [-0.1, -0.05) is 44.0 Å². The lowest BCUT2D eigenvalue weighted by molar-refractivity contribution is 0.0716. The molecule has 0 N–H and O–H groups in total. The van der Waals surface area contributed by atoms with Gasteiger partial charge < -0.3 is 9.47 Å². The van der Waals surface area contributed by atoms with E-state index in [9.17, 15) is 14.4 Å². The number of rotatable bonds is 5. The summed E-state index contributed by atoms with van der Waals surface area (Å²) >= 11 is 6.60. The van der Waals surface area contributed by atoms with Crippen molar-refractivity contribution in [2.45, 2.75) is 6.92 Å². The molecule has 146 valence electrons. The van der Waals surface area contributed by atoms with Gasteiger partial charge in [0.15, 0.2) is 5.78 Å². The van der Waals surface area contributed by atoms with E-state index < -0.39 is 11.9 Å². The lowest BCUT2D eigenvalue weighted by Gasteiger charge is -2.11. The van der Waals surface area contributed by atoms with E-state index in [-0.39, 0.29) is 22.8 Å². The third-order valence-electron chi connectivity index (χ3n) is 3.86. The number of hydrogen-bond donors (Lipinski definition) is 0. The van der Waals surface area contributed by atoms with Crippen LogP contribution in [0.1, 0.15) is 38.0 Å². The molecule has 0 amide bonds. The van der Waals surface area contributed by atoms with Crippen molar-refractivity contribution >= 4 is 49.6 Å². The summed E-state index contributed by atoms with van der Waals surface area (Å²) in [6.07, 6.45) is 0. The Kier molecular flexibility index (Phi) is 6.61. The summed E-state index contributed by atoms with van der Waals surface area (Å²) < 4.78 is 12.2. The molecule has 0 atom stereocenters. The van der Waals surface area contributed by atoms with Crippen LogP contribution in [0.3, 0.4) is 0 Å². The molecule has 0 aliphatic heterocycles. The molecule has 3 rings (SSSR count). The minimum Gasteiger partial charge on any atom is -0.423 e. The number of esters is 2. The fraction of sp³-hybridized carbons (Fsp3) is 0.0455. The Balaban J connectivity index is 1.82. The van der Waals surface area contributed by atoms with Crippen LogP contribution in [0, 0.1) is 0 Å². The fourth-order valence-electron chi connectivity index (χ4n) is 2.49. The van der Waals surface area contributed by atoms with Crippen molar-refractivity contribution in [1.29, 1.82) is 0 Å². The summed E-state index contributed by atoms with van der Waals surface area (Å²) in [4.78, 5) is 36.7. The summed E-state index contributed by atoms with van der Waals surface area (Å²) in [6, 6.07) is 17.7. The van der Waals surface area contributed by atoms with Crippen LogP contribution < -0.4 is 9.47 Å². The first-order chi connectivity index (χ1) is 13.8. The van der Waals surface area contributed by atoms with Gasteiger partial charge in [0.05, 0.1) is 16.7 Å². The number of ketones is 1. The highest BCUT2D eigenvalue weighted by molar-refractivity contribution is 9.10. The Hall–Kier alpha value is -2.77. The Morgan fingerprint density at radius 3 is 1.79 bits per heavy atom. The van der Waals surface area contributed by atoms with E-state index in [2.05, 4.69) is 31.9 Å². The van der Waals surface area contributed by atoms with Crippen LogP contribution in [-0.2, 0) is 0 Å². The molecule has 29 heavy (non-hydrogen) atoms. The summed E-state index contributed by atoms with van der Waals surface area (Å²) in [5.74, 6) is -1.25. The smallest absolute Gasteiger partial charge is 0.343 e. The molecular weight excluding hydrogens is 504 g/mol. The molecular formula is C22H14Br2O5. The Morgan fingerprint density at radius 2 is 1.28 bits per heavy atom. The van der Waals surface area contributed by atoms with Crippen molar-refractivity contribution in [2.24, 2.45) is 0 Å². The minimum absolute atomic E-state index is 0.0877. The van der Waals surface area contributed by atoms with Gasteiger partial charge in [-0.2, -0.15) is 0 Å². The molecule has 0 unspecified atom stereocenters. The van der Waals surface area contributed by atoms with Crippen LogP contribution in [0.15, 0.2) is 75.7 Å². The zero-order valence-corrected chi connectivity index (χ0v) is 18.3. The number of benzene rings is 3. The van der Waals surface area contributed by atoms with Crippen LogP contribution in [0.4, 0.5) is 0 Å². The summed E-state index contributed by atoms with van der Waals surface area (Å²) in [6.45, 7) is 1.34. The lowest BCUT2D eigenvalue weighted by atomic mass is 10.1. The van der Waals surface area contributed by atoms with Crippen molar-refractivity contribution < 1.29 is 23.9 Å². The number of Topliss-reactive ketones (excluding diaryl/α,β-unsaturated/α-hetero) is 1. The summed E-state index contributed by atoms with van der Waals surface area (Å²) in [7, 11) is 0. The van der Waals surface area contributed by atoms with Gasteiger partial charge in [0, 0.05) is 8.95 Å². The minimum atomic E-state index is -0.604. The van der Waals surface area contributed by atoms with E-state index in [1.807, 2.05) is 0 Å². The molecule has 0 bridgehead atoms. The average Bonchev–Trinajstić information content (AvgIpc) is 2.69. The molecule has 0 aliphatic carbocycles. The van der Waals surface area contributed by atoms with Crippen LogP contribution in [0.25, 0.3) is 0 Å². The standard InChI is InChI=1S/C22H14Br2O5/c1-13(25)19-12-18(28-21(26)14-4-2-6-16(23)10-14)8-9-20(19)29-22(27)15-5-3-7-17(24)11-15/h2-12H,1H3. The van der Waals surface area contributed by atoms with Gasteiger partial charge in [0.25, 0.3) is 0 Å². The summed E-state index contributed by atoms with van der Waals surface area (Å²) in [5, 5.41) is 0. The van der Waals surface area contributed by atoms with E-state index in [0.29, 0.717) is 11.1 Å². The van der Waals surface area contributed by atoms with E-state index in [4.69, 9.17) is 9.47 Å². The SMILES string of the molecule is CC(=O)c1cc(OC(=O)c2cccc(Br)c2)ccc1OC(=O)c1cccc(Br)c1. The average molecular weight is 518 g/mol. The Morgan fingerprint density at radius 1 is 0.724 bits per heavy atom. The molecule has 0 saturated carbocycles. The highest BCUT2D eigenvalue weighted by Crippen LogP contribution is 2.27. The third kappa shape index (κ3) is 5.40. The molecule has 0 heterocycles. The Bertz CT molecular complexity index is 1110. The number of carbonyl (C=O) groups excluding carboxylic acids is 3. The molecule has 3 aromatic carbocycles. The van der Waals surface area contributed by atoms with Crippen LogP contribution in [-0.4, -0.2) is 17.7 Å². The van der Waals surface area contributed by atoms with Crippen molar-refractivity contribution in [2.75, 3.05) is 0 Å². The predicted molar refractivity (Wildman–Crippen MR) is 115 cm³/mol.